The summed E-state index contributed by atoms with van der Waals surface area (Å²) in [7, 11) is -0.775. The molecule has 2 nitrogen and oxygen atoms in total. The molecule has 92 valence electrons. The van der Waals surface area contributed by atoms with Crippen LogP contribution in [0, 0.1) is 0 Å². The standard InChI is InChI=1S/C11H18ClNOS2/c1-11(2,3)16(14)7-6-13-8-9-4-5-10(12)15-9/h4-5,13H,6-8H2,1-3H3. The lowest BCUT2D eigenvalue weighted by Crippen LogP contribution is -2.29. The molecule has 5 heteroatoms. The molecular weight excluding hydrogens is 262 g/mol. The number of nitrogens with one attached hydrogen (secondary N) is 1. The van der Waals surface area contributed by atoms with Crippen molar-refractivity contribution in [2.24, 2.45) is 0 Å². The molecule has 0 aliphatic carbocycles. The van der Waals surface area contributed by atoms with Crippen LogP contribution in [0.25, 0.3) is 0 Å². The van der Waals surface area contributed by atoms with Gasteiger partial charge in [-0.1, -0.05) is 11.6 Å². The van der Waals surface area contributed by atoms with Gasteiger partial charge in [0.25, 0.3) is 0 Å². The van der Waals surface area contributed by atoms with Crippen molar-refractivity contribution in [1.29, 1.82) is 0 Å². The van der Waals surface area contributed by atoms with Gasteiger partial charge < -0.3 is 5.32 Å². The van der Waals surface area contributed by atoms with Gasteiger partial charge in [-0.25, -0.2) is 0 Å². The van der Waals surface area contributed by atoms with Gasteiger partial charge in [-0.15, -0.1) is 11.3 Å². The molecular formula is C11H18ClNOS2. The van der Waals surface area contributed by atoms with Crippen molar-refractivity contribution in [3.8, 4) is 0 Å². The van der Waals surface area contributed by atoms with Crippen molar-refractivity contribution in [2.75, 3.05) is 12.3 Å². The van der Waals surface area contributed by atoms with Gasteiger partial charge in [-0.2, -0.15) is 0 Å². The Kier molecular flexibility index (Phi) is 5.44. The van der Waals surface area contributed by atoms with E-state index in [0.717, 1.165) is 17.4 Å². The van der Waals surface area contributed by atoms with Crippen LogP contribution in [0.4, 0.5) is 0 Å². The van der Waals surface area contributed by atoms with Crippen LogP contribution in [0.3, 0.4) is 0 Å². The number of thiophene rings is 1. The molecule has 1 unspecified atom stereocenters. The van der Waals surface area contributed by atoms with Gasteiger partial charge in [0.1, 0.15) is 0 Å². The van der Waals surface area contributed by atoms with Crippen molar-refractivity contribution in [1.82, 2.24) is 5.32 Å². The van der Waals surface area contributed by atoms with E-state index in [0.29, 0.717) is 5.75 Å². The second-order valence-electron chi connectivity index (χ2n) is 4.54. The second kappa shape index (κ2) is 6.15. The van der Waals surface area contributed by atoms with E-state index < -0.39 is 10.8 Å². The summed E-state index contributed by atoms with van der Waals surface area (Å²) in [4.78, 5) is 1.21. The van der Waals surface area contributed by atoms with E-state index >= 15 is 0 Å². The predicted molar refractivity (Wildman–Crippen MR) is 73.8 cm³/mol. The maximum atomic E-state index is 11.7. The highest BCUT2D eigenvalue weighted by molar-refractivity contribution is 7.86. The summed E-state index contributed by atoms with van der Waals surface area (Å²) in [6, 6.07) is 3.91. The Labute approximate surface area is 109 Å². The van der Waals surface area contributed by atoms with Crippen molar-refractivity contribution in [3.63, 3.8) is 0 Å². The molecule has 1 heterocycles. The molecule has 0 amide bonds. The minimum atomic E-state index is -0.775. The van der Waals surface area contributed by atoms with Crippen LogP contribution in [0.1, 0.15) is 25.6 Å². The molecule has 0 saturated carbocycles. The Morgan fingerprint density at radius 2 is 2.12 bits per heavy atom. The van der Waals surface area contributed by atoms with Crippen molar-refractivity contribution < 1.29 is 4.21 Å². The maximum absolute atomic E-state index is 11.7. The largest absolute Gasteiger partial charge is 0.311 e. The summed E-state index contributed by atoms with van der Waals surface area (Å²) in [5.41, 5.74) is 0. The van der Waals surface area contributed by atoms with Crippen LogP contribution in [-0.2, 0) is 17.3 Å². The van der Waals surface area contributed by atoms with E-state index in [9.17, 15) is 4.21 Å². The zero-order chi connectivity index (χ0) is 12.2. The van der Waals surface area contributed by atoms with Crippen molar-refractivity contribution >= 4 is 33.7 Å². The predicted octanol–water partition coefficient (Wildman–Crippen LogP) is 3.04. The molecule has 1 N–H and O–H groups in total. The Hall–Kier alpha value is 0.1000. The Bertz CT molecular complexity index is 357. The highest BCUT2D eigenvalue weighted by atomic mass is 35.5. The van der Waals surface area contributed by atoms with Crippen molar-refractivity contribution in [2.45, 2.75) is 32.1 Å². The third-order valence-corrected chi connectivity index (χ3v) is 5.25. The number of hydrogen-bond acceptors (Lipinski definition) is 3. The van der Waals surface area contributed by atoms with E-state index in [1.165, 1.54) is 4.88 Å². The summed E-state index contributed by atoms with van der Waals surface area (Å²) in [5.74, 6) is 0.697. The first-order valence-electron chi connectivity index (χ1n) is 5.23. The first-order chi connectivity index (χ1) is 7.39. The number of hydrogen-bond donors (Lipinski definition) is 1. The maximum Gasteiger partial charge on any atom is 0.0931 e. The lowest BCUT2D eigenvalue weighted by Gasteiger charge is -2.17. The molecule has 0 radical (unpaired) electrons. The molecule has 0 saturated heterocycles. The van der Waals surface area contributed by atoms with E-state index in [-0.39, 0.29) is 4.75 Å². The summed E-state index contributed by atoms with van der Waals surface area (Å²) in [6.45, 7) is 7.59. The van der Waals surface area contributed by atoms with E-state index in [4.69, 9.17) is 11.6 Å². The smallest absolute Gasteiger partial charge is 0.0931 e. The average molecular weight is 280 g/mol. The van der Waals surface area contributed by atoms with Gasteiger partial charge >= 0.3 is 0 Å². The summed E-state index contributed by atoms with van der Waals surface area (Å²) >= 11 is 7.40. The van der Waals surface area contributed by atoms with Gasteiger partial charge in [0.15, 0.2) is 0 Å². The minimum absolute atomic E-state index is 0.117. The van der Waals surface area contributed by atoms with Gasteiger partial charge in [0, 0.05) is 39.3 Å². The second-order valence-corrected chi connectivity index (χ2v) is 8.67. The van der Waals surface area contributed by atoms with Crippen LogP contribution in [0.2, 0.25) is 4.34 Å². The van der Waals surface area contributed by atoms with Crippen molar-refractivity contribution in [3.05, 3.63) is 21.3 Å². The van der Waals surface area contributed by atoms with Gasteiger partial charge in [0.2, 0.25) is 0 Å². The van der Waals surface area contributed by atoms with Crippen LogP contribution >= 0.6 is 22.9 Å². The molecule has 0 aromatic carbocycles. The summed E-state index contributed by atoms with van der Waals surface area (Å²) in [5, 5.41) is 3.28. The highest BCUT2D eigenvalue weighted by Gasteiger charge is 2.18. The first kappa shape index (κ1) is 14.2. The first-order valence-corrected chi connectivity index (χ1v) is 7.74. The van der Waals surface area contributed by atoms with E-state index in [2.05, 4.69) is 5.32 Å². The minimum Gasteiger partial charge on any atom is -0.311 e. The summed E-state index contributed by atoms with van der Waals surface area (Å²) in [6.07, 6.45) is 0. The quantitative estimate of drug-likeness (QED) is 0.840. The fourth-order valence-electron chi connectivity index (χ4n) is 1.13. The lowest BCUT2D eigenvalue weighted by atomic mass is 10.3. The molecule has 1 aromatic heterocycles. The molecule has 16 heavy (non-hydrogen) atoms. The third kappa shape index (κ3) is 4.95. The topological polar surface area (TPSA) is 29.1 Å². The Balaban J connectivity index is 2.20. The molecule has 0 aliphatic rings. The normalized spacial score (nSPS) is 14.0. The van der Waals surface area contributed by atoms with Crippen LogP contribution < -0.4 is 5.32 Å². The van der Waals surface area contributed by atoms with Gasteiger partial charge in [-0.05, 0) is 32.9 Å². The zero-order valence-electron chi connectivity index (χ0n) is 9.88. The van der Waals surface area contributed by atoms with Crippen LogP contribution in [-0.4, -0.2) is 21.3 Å². The highest BCUT2D eigenvalue weighted by Crippen LogP contribution is 2.20. The fraction of sp³-hybridized carbons (Fsp3) is 0.636. The number of halogens is 1. The van der Waals surface area contributed by atoms with Crippen LogP contribution in [0.15, 0.2) is 12.1 Å². The summed E-state index contributed by atoms with van der Waals surface area (Å²) < 4.78 is 12.4. The molecule has 0 bridgehead atoms. The Morgan fingerprint density at radius 1 is 1.44 bits per heavy atom. The SMILES string of the molecule is CC(C)(C)S(=O)CCNCc1ccc(Cl)s1. The molecule has 1 rings (SSSR count). The van der Waals surface area contributed by atoms with Crippen LogP contribution in [0.5, 0.6) is 0 Å². The van der Waals surface area contributed by atoms with Gasteiger partial charge in [0.05, 0.1) is 4.34 Å². The Morgan fingerprint density at radius 3 is 2.62 bits per heavy atom. The zero-order valence-corrected chi connectivity index (χ0v) is 12.3. The lowest BCUT2D eigenvalue weighted by molar-refractivity contribution is 0.641. The number of rotatable bonds is 5. The molecule has 0 spiro atoms. The molecule has 0 aliphatic heterocycles. The monoisotopic (exact) mass is 279 g/mol. The van der Waals surface area contributed by atoms with E-state index in [1.54, 1.807) is 11.3 Å². The fourth-order valence-corrected chi connectivity index (χ4v) is 3.13. The molecule has 1 aromatic rings. The molecule has 0 fully saturated rings. The van der Waals surface area contributed by atoms with Gasteiger partial charge in [-0.3, -0.25) is 4.21 Å². The molecule has 1 atom stereocenters. The third-order valence-electron chi connectivity index (χ3n) is 2.08. The van der Waals surface area contributed by atoms with E-state index in [1.807, 2.05) is 32.9 Å². The average Bonchev–Trinajstić information content (AvgIpc) is 2.57.